The number of methoxy groups -OCH3 is 2. The smallest absolute Gasteiger partial charge is 0.228 e. The normalized spacial score (nSPS) is 16.0. The van der Waals surface area contributed by atoms with Crippen LogP contribution in [0.4, 0.5) is 20.5 Å². The predicted molar refractivity (Wildman–Crippen MR) is 130 cm³/mol. The number of nitrogens with zero attached hydrogens (tertiary/aromatic N) is 4. The predicted octanol–water partition coefficient (Wildman–Crippen LogP) is 3.57. The lowest BCUT2D eigenvalue weighted by molar-refractivity contribution is -0.132. The lowest BCUT2D eigenvalue weighted by Crippen LogP contribution is -2.55. The molecule has 4 rings (SSSR count). The van der Waals surface area contributed by atoms with Crippen molar-refractivity contribution in [3.63, 3.8) is 0 Å². The molecule has 2 heterocycles. The lowest BCUT2D eigenvalue weighted by Gasteiger charge is -2.41. The molecule has 1 aliphatic rings. The molecule has 1 fully saturated rings. The number of ether oxygens (including phenoxy) is 2. The summed E-state index contributed by atoms with van der Waals surface area (Å²) < 4.78 is 38.7. The second-order valence-corrected chi connectivity index (χ2v) is 8.45. The van der Waals surface area contributed by atoms with Crippen LogP contribution in [-0.2, 0) is 11.2 Å². The highest BCUT2D eigenvalue weighted by molar-refractivity contribution is 5.92. The van der Waals surface area contributed by atoms with Crippen LogP contribution in [0.15, 0.2) is 30.3 Å². The maximum atomic E-state index is 15.2. The fourth-order valence-electron chi connectivity index (χ4n) is 4.42. The summed E-state index contributed by atoms with van der Waals surface area (Å²) in [5.74, 6) is -0.318. The summed E-state index contributed by atoms with van der Waals surface area (Å²) in [6.45, 7) is 3.48. The van der Waals surface area contributed by atoms with E-state index in [4.69, 9.17) is 15.2 Å². The highest BCUT2D eigenvalue weighted by Crippen LogP contribution is 2.38. The van der Waals surface area contributed by atoms with Crippen molar-refractivity contribution in [1.82, 2.24) is 14.9 Å². The zero-order valence-electron chi connectivity index (χ0n) is 20.1. The maximum Gasteiger partial charge on any atom is 0.228 e. The quantitative estimate of drug-likeness (QED) is 0.547. The van der Waals surface area contributed by atoms with Gasteiger partial charge in [0.2, 0.25) is 11.9 Å². The minimum Gasteiger partial charge on any atom is -0.493 e. The zero-order chi connectivity index (χ0) is 25.1. The molecule has 1 aromatic heterocycles. The van der Waals surface area contributed by atoms with Gasteiger partial charge in [0, 0.05) is 37.5 Å². The summed E-state index contributed by atoms with van der Waals surface area (Å²) in [6.07, 6.45) is 1.62. The molecule has 0 unspecified atom stereocenters. The first-order valence-electron chi connectivity index (χ1n) is 11.5. The van der Waals surface area contributed by atoms with Gasteiger partial charge in [-0.2, -0.15) is 4.98 Å². The van der Waals surface area contributed by atoms with Crippen LogP contribution in [0.2, 0.25) is 0 Å². The number of hydrogen-bond acceptors (Lipinski definition) is 7. The maximum absolute atomic E-state index is 15.2. The third kappa shape index (κ3) is 4.91. The molecule has 0 spiro atoms. The Morgan fingerprint density at radius 1 is 1.14 bits per heavy atom. The minimum atomic E-state index is -0.667. The third-order valence-electron chi connectivity index (χ3n) is 6.40. The molecule has 3 aromatic rings. The summed E-state index contributed by atoms with van der Waals surface area (Å²) >= 11 is 0. The Balaban J connectivity index is 1.52. The van der Waals surface area contributed by atoms with Crippen LogP contribution in [0.1, 0.15) is 25.3 Å². The molecule has 35 heavy (non-hydrogen) atoms. The van der Waals surface area contributed by atoms with Gasteiger partial charge in [0.15, 0.2) is 17.3 Å². The molecule has 10 heteroatoms. The highest BCUT2D eigenvalue weighted by Gasteiger charge is 2.31. The number of amides is 1. The van der Waals surface area contributed by atoms with Crippen molar-refractivity contribution < 1.29 is 23.0 Å². The monoisotopic (exact) mass is 485 g/mol. The van der Waals surface area contributed by atoms with Gasteiger partial charge in [-0.1, -0.05) is 19.1 Å². The van der Waals surface area contributed by atoms with E-state index in [-0.39, 0.29) is 40.6 Å². The lowest BCUT2D eigenvalue weighted by atomic mass is 10.1. The standard InChI is InChI=1S/C25H29F2N5O3/c1-4-17-14-31(20(33)10-7-15-5-8-16(26)9-6-15)11-12-32(17)25-29-22-18(24(28)30-25)13-19(34-2)23(35-3)21(22)27/h5-6,8-9,13,17H,4,7,10-12,14H2,1-3H3,(H2,28,29,30)/t17-/m0/s1. The molecule has 1 amide bonds. The fourth-order valence-corrected chi connectivity index (χ4v) is 4.42. The first-order chi connectivity index (χ1) is 16.9. The molecule has 0 saturated carbocycles. The topological polar surface area (TPSA) is 93.8 Å². The van der Waals surface area contributed by atoms with E-state index in [1.165, 1.54) is 26.4 Å². The van der Waals surface area contributed by atoms with Gasteiger partial charge in [-0.15, -0.1) is 0 Å². The van der Waals surface area contributed by atoms with Crippen LogP contribution in [-0.4, -0.2) is 60.7 Å². The second kappa shape index (κ2) is 10.3. The summed E-state index contributed by atoms with van der Waals surface area (Å²) in [4.78, 5) is 25.6. The number of fused-ring (bicyclic) bond motifs is 1. The Labute approximate surface area is 202 Å². The van der Waals surface area contributed by atoms with E-state index in [1.54, 1.807) is 18.2 Å². The molecule has 2 N–H and O–H groups in total. The van der Waals surface area contributed by atoms with E-state index in [0.29, 0.717) is 43.8 Å². The van der Waals surface area contributed by atoms with E-state index < -0.39 is 5.82 Å². The van der Waals surface area contributed by atoms with Crippen molar-refractivity contribution in [3.05, 3.63) is 47.5 Å². The minimum absolute atomic E-state index is 0.0363. The third-order valence-corrected chi connectivity index (χ3v) is 6.40. The number of piperazine rings is 1. The Bertz CT molecular complexity index is 1220. The number of rotatable bonds is 7. The number of halogens is 2. The molecule has 8 nitrogen and oxygen atoms in total. The van der Waals surface area contributed by atoms with Gasteiger partial charge < -0.3 is 25.0 Å². The van der Waals surface area contributed by atoms with Crippen molar-refractivity contribution in [2.75, 3.05) is 44.5 Å². The van der Waals surface area contributed by atoms with Gasteiger partial charge in [-0.25, -0.2) is 13.8 Å². The highest BCUT2D eigenvalue weighted by atomic mass is 19.1. The van der Waals surface area contributed by atoms with Gasteiger partial charge in [0.25, 0.3) is 0 Å². The van der Waals surface area contributed by atoms with Crippen molar-refractivity contribution in [1.29, 1.82) is 0 Å². The van der Waals surface area contributed by atoms with E-state index in [2.05, 4.69) is 9.97 Å². The average molecular weight is 486 g/mol. The molecular weight excluding hydrogens is 456 g/mol. The van der Waals surface area contributed by atoms with Crippen molar-refractivity contribution >= 4 is 28.6 Å². The largest absolute Gasteiger partial charge is 0.493 e. The average Bonchev–Trinajstić information content (AvgIpc) is 2.87. The number of aryl methyl sites for hydroxylation is 1. The number of aromatic nitrogens is 2. The summed E-state index contributed by atoms with van der Waals surface area (Å²) in [6, 6.07) is 7.69. The molecule has 1 saturated heterocycles. The van der Waals surface area contributed by atoms with Gasteiger partial charge in [-0.3, -0.25) is 4.79 Å². The van der Waals surface area contributed by atoms with E-state index in [1.807, 2.05) is 16.7 Å². The first kappa shape index (κ1) is 24.4. The van der Waals surface area contributed by atoms with Crippen LogP contribution in [0, 0.1) is 11.6 Å². The van der Waals surface area contributed by atoms with Crippen molar-refractivity contribution in [2.24, 2.45) is 0 Å². The van der Waals surface area contributed by atoms with Gasteiger partial charge in [0.1, 0.15) is 17.2 Å². The van der Waals surface area contributed by atoms with E-state index in [9.17, 15) is 9.18 Å². The SMILES string of the molecule is CC[C@H]1CN(C(=O)CCc2ccc(F)cc2)CCN1c1nc(N)c2cc(OC)c(OC)c(F)c2n1. The van der Waals surface area contributed by atoms with Crippen molar-refractivity contribution in [3.8, 4) is 11.5 Å². The van der Waals surface area contributed by atoms with Crippen LogP contribution in [0.3, 0.4) is 0 Å². The molecular formula is C25H29F2N5O3. The molecule has 0 aliphatic carbocycles. The van der Waals surface area contributed by atoms with E-state index in [0.717, 1.165) is 12.0 Å². The fraction of sp³-hybridized carbons (Fsp3) is 0.400. The van der Waals surface area contributed by atoms with Gasteiger partial charge in [0.05, 0.1) is 14.2 Å². The molecule has 0 bridgehead atoms. The molecule has 0 radical (unpaired) electrons. The molecule has 186 valence electrons. The van der Waals surface area contributed by atoms with Crippen molar-refractivity contribution in [2.45, 2.75) is 32.2 Å². The summed E-state index contributed by atoms with van der Waals surface area (Å²) in [5, 5.41) is 0.339. The van der Waals surface area contributed by atoms with Crippen LogP contribution >= 0.6 is 0 Å². The Kier molecular flexibility index (Phi) is 7.18. The molecule has 1 aliphatic heterocycles. The number of nitrogens with two attached hydrogens (primary N) is 1. The number of nitrogen functional groups attached to an aromatic ring is 1. The number of hydrogen-bond donors (Lipinski definition) is 1. The molecule has 2 aromatic carbocycles. The number of carbonyl (C=O) groups excluding carboxylic acids is 1. The second-order valence-electron chi connectivity index (χ2n) is 8.45. The molecule has 1 atom stereocenters. The Morgan fingerprint density at radius 3 is 2.54 bits per heavy atom. The van der Waals surface area contributed by atoms with Crippen LogP contribution in [0.5, 0.6) is 11.5 Å². The van der Waals surface area contributed by atoms with Gasteiger partial charge >= 0.3 is 0 Å². The zero-order valence-corrected chi connectivity index (χ0v) is 20.1. The number of carbonyl (C=O) groups is 1. The van der Waals surface area contributed by atoms with Crippen LogP contribution in [0.25, 0.3) is 10.9 Å². The Morgan fingerprint density at radius 2 is 1.89 bits per heavy atom. The van der Waals surface area contributed by atoms with Crippen LogP contribution < -0.4 is 20.1 Å². The number of anilines is 2. The Hall–Kier alpha value is -3.69. The summed E-state index contributed by atoms with van der Waals surface area (Å²) in [5.41, 5.74) is 7.16. The number of benzene rings is 2. The van der Waals surface area contributed by atoms with E-state index >= 15 is 4.39 Å². The first-order valence-corrected chi connectivity index (χ1v) is 11.5. The summed E-state index contributed by atoms with van der Waals surface area (Å²) in [7, 11) is 2.78. The van der Waals surface area contributed by atoms with Gasteiger partial charge in [-0.05, 0) is 36.6 Å².